The van der Waals surface area contributed by atoms with E-state index in [-0.39, 0.29) is 0 Å². The van der Waals surface area contributed by atoms with Crippen molar-refractivity contribution in [2.45, 2.75) is 0 Å². The van der Waals surface area contributed by atoms with Gasteiger partial charge in [-0.05, 0) is 54.6 Å². The summed E-state index contributed by atoms with van der Waals surface area (Å²) < 4.78 is 10.8. The average molecular weight is 483 g/mol. The van der Waals surface area contributed by atoms with Crippen molar-refractivity contribution in [2.24, 2.45) is 0 Å². The van der Waals surface area contributed by atoms with E-state index in [9.17, 15) is 4.79 Å². The minimum atomic E-state index is -0.393. The first-order valence-electron chi connectivity index (χ1n) is 9.87. The number of amides is 2. The van der Waals surface area contributed by atoms with E-state index in [1.165, 1.54) is 0 Å². The summed E-state index contributed by atoms with van der Waals surface area (Å²) in [4.78, 5) is 16.7. The third kappa shape index (κ3) is 5.22. The van der Waals surface area contributed by atoms with E-state index in [4.69, 9.17) is 32.7 Å². The molecule has 3 N–H and O–H groups in total. The van der Waals surface area contributed by atoms with Crippen molar-refractivity contribution in [1.29, 1.82) is 0 Å². The minimum absolute atomic E-state index is 0.365. The molecule has 1 aromatic heterocycles. The van der Waals surface area contributed by atoms with E-state index in [2.05, 4.69) is 20.9 Å². The lowest BCUT2D eigenvalue weighted by Crippen LogP contribution is -2.19. The molecule has 0 saturated carbocycles. The fourth-order valence-corrected chi connectivity index (χ4v) is 3.54. The molecular weight excluding hydrogens is 463 g/mol. The monoisotopic (exact) mass is 482 g/mol. The highest BCUT2D eigenvalue weighted by molar-refractivity contribution is 6.42. The van der Waals surface area contributed by atoms with Crippen molar-refractivity contribution in [3.05, 3.63) is 76.9 Å². The Bertz CT molecular complexity index is 1310. The number of methoxy groups -OCH3 is 2. The molecular formula is C24H20Cl2N4O3. The van der Waals surface area contributed by atoms with E-state index >= 15 is 0 Å². The van der Waals surface area contributed by atoms with Crippen LogP contribution >= 0.6 is 23.2 Å². The highest BCUT2D eigenvalue weighted by Gasteiger charge is 2.10. The largest absolute Gasteiger partial charge is 0.493 e. The molecule has 0 unspecified atom stereocenters. The van der Waals surface area contributed by atoms with Crippen LogP contribution in [0.5, 0.6) is 11.5 Å². The van der Waals surface area contributed by atoms with Crippen LogP contribution in [0, 0.1) is 0 Å². The fraction of sp³-hybridized carbons (Fsp3) is 0.0833. The number of nitrogens with zero attached hydrogens (tertiary/aromatic N) is 1. The van der Waals surface area contributed by atoms with Gasteiger partial charge in [0.15, 0.2) is 11.5 Å². The SMILES string of the molecule is COc1cc2nccc(Nc3ccc(NC(=O)Nc4ccc(Cl)c(Cl)c4)cc3)c2cc1OC. The van der Waals surface area contributed by atoms with E-state index in [1.54, 1.807) is 50.7 Å². The summed E-state index contributed by atoms with van der Waals surface area (Å²) in [5.41, 5.74) is 3.64. The maximum atomic E-state index is 12.3. The Morgan fingerprint density at radius 3 is 2.12 bits per heavy atom. The van der Waals surface area contributed by atoms with Gasteiger partial charge in [-0.15, -0.1) is 0 Å². The van der Waals surface area contributed by atoms with Crippen LogP contribution in [0.25, 0.3) is 10.9 Å². The molecule has 7 nitrogen and oxygen atoms in total. The number of carbonyl (C=O) groups excluding carboxylic acids is 1. The zero-order chi connectivity index (χ0) is 23.4. The normalized spacial score (nSPS) is 10.5. The molecule has 4 rings (SSSR count). The number of hydrogen-bond donors (Lipinski definition) is 3. The Kier molecular flexibility index (Phi) is 6.72. The van der Waals surface area contributed by atoms with Crippen LogP contribution in [0.15, 0.2) is 66.9 Å². The summed E-state index contributed by atoms with van der Waals surface area (Å²) in [6, 6.07) is 17.4. The Labute approximate surface area is 200 Å². The molecule has 0 aliphatic carbocycles. The van der Waals surface area contributed by atoms with E-state index < -0.39 is 6.03 Å². The molecule has 0 spiro atoms. The minimum Gasteiger partial charge on any atom is -0.493 e. The Morgan fingerprint density at radius 1 is 0.788 bits per heavy atom. The standard InChI is InChI=1S/C24H20Cl2N4O3/c1-32-22-12-17-20(9-10-27-21(17)13-23(22)33-2)28-14-3-5-15(6-4-14)29-24(31)30-16-7-8-18(25)19(26)11-16/h3-13H,1-2H3,(H,27,28)(H2,29,30,31). The van der Waals surface area contributed by atoms with Crippen LogP contribution < -0.4 is 25.4 Å². The van der Waals surface area contributed by atoms with Crippen LogP contribution in [0.2, 0.25) is 10.0 Å². The zero-order valence-corrected chi connectivity index (χ0v) is 19.3. The number of pyridine rings is 1. The lowest BCUT2D eigenvalue weighted by Gasteiger charge is -2.13. The predicted molar refractivity (Wildman–Crippen MR) is 134 cm³/mol. The summed E-state index contributed by atoms with van der Waals surface area (Å²) in [7, 11) is 3.18. The number of benzene rings is 3. The second-order valence-corrected chi connectivity index (χ2v) is 7.81. The zero-order valence-electron chi connectivity index (χ0n) is 17.8. The Balaban J connectivity index is 1.47. The Hall–Kier alpha value is -3.68. The number of ether oxygens (including phenoxy) is 2. The molecule has 0 aliphatic rings. The molecule has 0 aliphatic heterocycles. The van der Waals surface area contributed by atoms with Crippen molar-refractivity contribution in [2.75, 3.05) is 30.2 Å². The van der Waals surface area contributed by atoms with Gasteiger partial charge in [-0.2, -0.15) is 0 Å². The molecule has 0 bridgehead atoms. The Morgan fingerprint density at radius 2 is 1.42 bits per heavy atom. The number of nitrogens with one attached hydrogen (secondary N) is 3. The second kappa shape index (κ2) is 9.85. The maximum Gasteiger partial charge on any atom is 0.323 e. The molecule has 1 heterocycles. The van der Waals surface area contributed by atoms with Crippen molar-refractivity contribution in [3.8, 4) is 11.5 Å². The van der Waals surface area contributed by atoms with Gasteiger partial charge in [0, 0.05) is 40.4 Å². The summed E-state index contributed by atoms with van der Waals surface area (Å²) >= 11 is 11.9. The van der Waals surface area contributed by atoms with E-state index in [1.807, 2.05) is 30.3 Å². The first-order chi connectivity index (χ1) is 16.0. The number of urea groups is 1. The van der Waals surface area contributed by atoms with E-state index in [0.717, 1.165) is 22.3 Å². The molecule has 4 aromatic rings. The fourth-order valence-electron chi connectivity index (χ4n) is 3.24. The summed E-state index contributed by atoms with van der Waals surface area (Å²) in [5, 5.41) is 10.5. The summed E-state index contributed by atoms with van der Waals surface area (Å²) in [5.74, 6) is 1.23. The first-order valence-corrected chi connectivity index (χ1v) is 10.6. The number of anilines is 4. The van der Waals surface area contributed by atoms with Gasteiger partial charge in [0.25, 0.3) is 0 Å². The molecule has 168 valence electrons. The van der Waals surface area contributed by atoms with Crippen LogP contribution in [0.1, 0.15) is 0 Å². The number of carbonyl (C=O) groups is 1. The van der Waals surface area contributed by atoms with Gasteiger partial charge in [-0.3, -0.25) is 4.98 Å². The molecule has 33 heavy (non-hydrogen) atoms. The van der Waals surface area contributed by atoms with Crippen LogP contribution in [-0.4, -0.2) is 25.2 Å². The quantitative estimate of drug-likeness (QED) is 0.277. The molecule has 3 aromatic carbocycles. The molecule has 0 atom stereocenters. The van der Waals surface area contributed by atoms with Crippen LogP contribution in [0.4, 0.5) is 27.5 Å². The summed E-state index contributed by atoms with van der Waals surface area (Å²) in [6.45, 7) is 0. The van der Waals surface area contributed by atoms with Gasteiger partial charge in [-0.1, -0.05) is 23.2 Å². The van der Waals surface area contributed by atoms with Gasteiger partial charge in [0.1, 0.15) is 0 Å². The van der Waals surface area contributed by atoms with Crippen LogP contribution in [0.3, 0.4) is 0 Å². The maximum absolute atomic E-state index is 12.3. The third-order valence-electron chi connectivity index (χ3n) is 4.85. The summed E-state index contributed by atoms with van der Waals surface area (Å²) in [6.07, 6.45) is 1.72. The highest BCUT2D eigenvalue weighted by atomic mass is 35.5. The van der Waals surface area contributed by atoms with Gasteiger partial charge < -0.3 is 25.4 Å². The number of fused-ring (bicyclic) bond motifs is 1. The van der Waals surface area contributed by atoms with Crippen molar-refractivity contribution < 1.29 is 14.3 Å². The van der Waals surface area contributed by atoms with Gasteiger partial charge in [0.2, 0.25) is 0 Å². The van der Waals surface area contributed by atoms with Gasteiger partial charge in [-0.25, -0.2) is 4.79 Å². The van der Waals surface area contributed by atoms with Crippen molar-refractivity contribution in [1.82, 2.24) is 4.98 Å². The molecule has 0 radical (unpaired) electrons. The number of rotatable bonds is 6. The van der Waals surface area contributed by atoms with Crippen molar-refractivity contribution >= 4 is 62.9 Å². The van der Waals surface area contributed by atoms with Gasteiger partial charge >= 0.3 is 6.03 Å². The van der Waals surface area contributed by atoms with E-state index in [0.29, 0.717) is 32.9 Å². The molecule has 2 amide bonds. The third-order valence-corrected chi connectivity index (χ3v) is 5.59. The average Bonchev–Trinajstić information content (AvgIpc) is 2.82. The van der Waals surface area contributed by atoms with Crippen LogP contribution in [-0.2, 0) is 0 Å². The molecule has 0 saturated heterocycles. The lowest BCUT2D eigenvalue weighted by molar-refractivity contribution is 0.262. The number of halogens is 2. The predicted octanol–water partition coefficient (Wildman–Crippen LogP) is 6.95. The van der Waals surface area contributed by atoms with Gasteiger partial charge in [0.05, 0.1) is 29.8 Å². The number of aromatic nitrogens is 1. The lowest BCUT2D eigenvalue weighted by atomic mass is 10.1. The molecule has 0 fully saturated rings. The number of hydrogen-bond acceptors (Lipinski definition) is 5. The first kappa shape index (κ1) is 22.5. The molecule has 9 heteroatoms. The second-order valence-electron chi connectivity index (χ2n) is 6.99. The smallest absolute Gasteiger partial charge is 0.323 e. The highest BCUT2D eigenvalue weighted by Crippen LogP contribution is 2.35. The van der Waals surface area contributed by atoms with Crippen molar-refractivity contribution in [3.63, 3.8) is 0 Å². The topological polar surface area (TPSA) is 84.5 Å².